The van der Waals surface area contributed by atoms with Gasteiger partial charge in [-0.15, -0.1) is 0 Å². The molecule has 0 spiro atoms. The van der Waals surface area contributed by atoms with E-state index in [0.717, 1.165) is 5.56 Å². The Balaban J connectivity index is 0. The summed E-state index contributed by atoms with van der Waals surface area (Å²) in [6, 6.07) is 7.35. The monoisotopic (exact) mass is 210 g/mol. The van der Waals surface area contributed by atoms with Gasteiger partial charge in [0.25, 0.3) is 0 Å². The van der Waals surface area contributed by atoms with Crippen molar-refractivity contribution in [2.75, 3.05) is 0 Å². The minimum atomic E-state index is -0.283. The van der Waals surface area contributed by atoms with Crippen molar-refractivity contribution in [2.45, 2.75) is 41.5 Å². The number of benzene rings is 1. The highest BCUT2D eigenvalue weighted by Crippen LogP contribution is 2.10. The van der Waals surface area contributed by atoms with Gasteiger partial charge in [-0.1, -0.05) is 45.4 Å². The molecule has 1 aromatic rings. The molecule has 15 heavy (non-hydrogen) atoms. The molecule has 0 radical (unpaired) electrons. The van der Waals surface area contributed by atoms with Gasteiger partial charge in [0.05, 0.1) is 0 Å². The van der Waals surface area contributed by atoms with Crippen LogP contribution >= 0.6 is 0 Å². The summed E-state index contributed by atoms with van der Waals surface area (Å²) < 4.78 is 4.83. The van der Waals surface area contributed by atoms with Crippen LogP contribution in [0.1, 0.15) is 40.2 Å². The summed E-state index contributed by atoms with van der Waals surface area (Å²) in [7, 11) is 0. The van der Waals surface area contributed by atoms with Crippen molar-refractivity contribution in [1.29, 1.82) is 0 Å². The summed E-state index contributed by atoms with van der Waals surface area (Å²) >= 11 is 0. The molecule has 0 aliphatic heterocycles. The largest absolute Gasteiger partial charge is 0.427 e. The molecule has 1 aromatic carbocycles. The Labute approximate surface area is 93.3 Å². The van der Waals surface area contributed by atoms with Gasteiger partial charge in [0.15, 0.2) is 0 Å². The number of rotatable bonds is 1. The molecule has 0 saturated heterocycles. The minimum absolute atomic E-state index is 0.283. The van der Waals surface area contributed by atoms with Gasteiger partial charge in [0, 0.05) is 6.92 Å². The van der Waals surface area contributed by atoms with E-state index in [1.165, 1.54) is 6.92 Å². The fraction of sp³-hybridized carbons (Fsp3) is 0.462. The lowest BCUT2D eigenvalue weighted by Gasteiger charge is -1.99. The van der Waals surface area contributed by atoms with Crippen molar-refractivity contribution in [3.8, 4) is 5.75 Å². The first kappa shape index (κ1) is 16.1. The Kier molecular flexibility index (Phi) is 11.6. The van der Waals surface area contributed by atoms with Gasteiger partial charge in [-0.05, 0) is 19.1 Å². The van der Waals surface area contributed by atoms with Gasteiger partial charge < -0.3 is 4.74 Å². The van der Waals surface area contributed by atoms with Crippen LogP contribution in [0.25, 0.3) is 0 Å². The van der Waals surface area contributed by atoms with Gasteiger partial charge in [-0.3, -0.25) is 4.79 Å². The zero-order valence-electron chi connectivity index (χ0n) is 10.6. The molecule has 2 heteroatoms. The normalized spacial score (nSPS) is 7.60. The second-order valence-electron chi connectivity index (χ2n) is 2.41. The first-order chi connectivity index (χ1) is 7.18. The fourth-order valence-electron chi connectivity index (χ4n) is 0.772. The lowest BCUT2D eigenvalue weighted by atomic mass is 10.2. The predicted molar refractivity (Wildman–Crippen MR) is 65.2 cm³/mol. The molecular weight excluding hydrogens is 188 g/mol. The van der Waals surface area contributed by atoms with E-state index in [-0.39, 0.29) is 5.97 Å². The van der Waals surface area contributed by atoms with Crippen LogP contribution < -0.4 is 4.74 Å². The SMILES string of the molecule is CC.CC.CC(=O)Oc1ccc(C)cc1. The van der Waals surface area contributed by atoms with Crippen LogP contribution in [0.5, 0.6) is 5.75 Å². The first-order valence-corrected chi connectivity index (χ1v) is 5.43. The third kappa shape index (κ3) is 9.01. The molecule has 0 unspecified atom stereocenters. The molecule has 0 aromatic heterocycles. The summed E-state index contributed by atoms with van der Waals surface area (Å²) in [5.41, 5.74) is 1.15. The molecular formula is C13H22O2. The van der Waals surface area contributed by atoms with E-state index >= 15 is 0 Å². The molecule has 0 saturated carbocycles. The average molecular weight is 210 g/mol. The number of carbonyl (C=O) groups is 1. The van der Waals surface area contributed by atoms with Crippen LogP contribution in [0.3, 0.4) is 0 Å². The van der Waals surface area contributed by atoms with Gasteiger partial charge in [-0.25, -0.2) is 0 Å². The lowest BCUT2D eigenvalue weighted by Crippen LogP contribution is -2.00. The Morgan fingerprint density at radius 2 is 1.40 bits per heavy atom. The summed E-state index contributed by atoms with van der Waals surface area (Å²) in [5.74, 6) is 0.317. The molecule has 0 N–H and O–H groups in total. The van der Waals surface area contributed by atoms with Crippen LogP contribution in [0, 0.1) is 6.92 Å². The maximum Gasteiger partial charge on any atom is 0.308 e. The van der Waals surface area contributed by atoms with Gasteiger partial charge in [0.2, 0.25) is 0 Å². The minimum Gasteiger partial charge on any atom is -0.427 e. The highest BCUT2D eigenvalue weighted by atomic mass is 16.5. The van der Waals surface area contributed by atoms with Crippen LogP contribution in [-0.2, 0) is 4.79 Å². The second kappa shape index (κ2) is 10.8. The molecule has 0 aliphatic rings. The van der Waals surface area contributed by atoms with E-state index in [1.807, 2.05) is 46.8 Å². The molecule has 0 amide bonds. The van der Waals surface area contributed by atoms with Crippen molar-refractivity contribution < 1.29 is 9.53 Å². The molecule has 1 rings (SSSR count). The van der Waals surface area contributed by atoms with E-state index in [9.17, 15) is 4.79 Å². The zero-order chi connectivity index (χ0) is 12.3. The number of ether oxygens (including phenoxy) is 1. The average Bonchev–Trinajstić information content (AvgIpc) is 2.27. The number of esters is 1. The maximum atomic E-state index is 10.5. The topological polar surface area (TPSA) is 26.3 Å². The number of aryl methyl sites for hydroxylation is 1. The molecule has 0 bridgehead atoms. The van der Waals surface area contributed by atoms with Crippen molar-refractivity contribution >= 4 is 5.97 Å². The van der Waals surface area contributed by atoms with Crippen LogP contribution in [0.4, 0.5) is 0 Å². The Hall–Kier alpha value is -1.31. The third-order valence-electron chi connectivity index (χ3n) is 1.28. The summed E-state index contributed by atoms with van der Waals surface area (Å²) in [4.78, 5) is 10.5. The molecule has 86 valence electrons. The van der Waals surface area contributed by atoms with E-state index < -0.39 is 0 Å². The quantitative estimate of drug-likeness (QED) is 0.518. The van der Waals surface area contributed by atoms with Gasteiger partial charge >= 0.3 is 5.97 Å². The fourth-order valence-corrected chi connectivity index (χ4v) is 0.772. The van der Waals surface area contributed by atoms with Crippen molar-refractivity contribution in [1.82, 2.24) is 0 Å². The Morgan fingerprint density at radius 3 is 1.73 bits per heavy atom. The molecule has 0 heterocycles. The predicted octanol–water partition coefficient (Wildman–Crippen LogP) is 3.97. The van der Waals surface area contributed by atoms with Crippen molar-refractivity contribution in [3.63, 3.8) is 0 Å². The van der Waals surface area contributed by atoms with E-state index in [1.54, 1.807) is 12.1 Å². The highest BCUT2D eigenvalue weighted by Gasteiger charge is 1.94. The summed E-state index contributed by atoms with van der Waals surface area (Å²) in [6.45, 7) is 11.4. The first-order valence-electron chi connectivity index (χ1n) is 5.43. The maximum absolute atomic E-state index is 10.5. The smallest absolute Gasteiger partial charge is 0.308 e. The molecule has 0 atom stereocenters. The van der Waals surface area contributed by atoms with Crippen LogP contribution in [0.15, 0.2) is 24.3 Å². The number of hydrogen-bond donors (Lipinski definition) is 0. The highest BCUT2D eigenvalue weighted by molar-refractivity contribution is 5.69. The molecule has 2 nitrogen and oxygen atoms in total. The summed E-state index contributed by atoms with van der Waals surface area (Å²) in [5, 5.41) is 0. The van der Waals surface area contributed by atoms with E-state index in [2.05, 4.69) is 0 Å². The summed E-state index contributed by atoms with van der Waals surface area (Å²) in [6.07, 6.45) is 0. The van der Waals surface area contributed by atoms with Crippen molar-refractivity contribution in [3.05, 3.63) is 29.8 Å². The van der Waals surface area contributed by atoms with Crippen LogP contribution in [0.2, 0.25) is 0 Å². The van der Waals surface area contributed by atoms with E-state index in [0.29, 0.717) is 5.75 Å². The van der Waals surface area contributed by atoms with Crippen LogP contribution in [-0.4, -0.2) is 5.97 Å². The lowest BCUT2D eigenvalue weighted by molar-refractivity contribution is -0.131. The van der Waals surface area contributed by atoms with Gasteiger partial charge in [0.1, 0.15) is 5.75 Å². The molecule has 0 aliphatic carbocycles. The van der Waals surface area contributed by atoms with E-state index in [4.69, 9.17) is 4.74 Å². The zero-order valence-corrected chi connectivity index (χ0v) is 10.6. The second-order valence-corrected chi connectivity index (χ2v) is 2.41. The standard InChI is InChI=1S/C9H10O2.2C2H6/c1-7-3-5-9(6-4-7)11-8(2)10;2*1-2/h3-6H,1-2H3;2*1-2H3. The van der Waals surface area contributed by atoms with Gasteiger partial charge in [-0.2, -0.15) is 0 Å². The Morgan fingerprint density at radius 1 is 1.00 bits per heavy atom. The van der Waals surface area contributed by atoms with Crippen molar-refractivity contribution in [2.24, 2.45) is 0 Å². The third-order valence-corrected chi connectivity index (χ3v) is 1.28. The number of hydrogen-bond acceptors (Lipinski definition) is 2. The Bertz CT molecular complexity index is 250. The number of carbonyl (C=O) groups excluding carboxylic acids is 1. The molecule has 0 fully saturated rings.